The van der Waals surface area contributed by atoms with Gasteiger partial charge < -0.3 is 20.1 Å². The normalized spacial score (nSPS) is 18.7. The lowest BCUT2D eigenvalue weighted by Crippen LogP contribution is -2.27. The van der Waals surface area contributed by atoms with Crippen LogP contribution in [0.4, 0.5) is 14.5 Å². The van der Waals surface area contributed by atoms with Gasteiger partial charge in [-0.05, 0) is 25.0 Å². The molecule has 0 aromatic heterocycles. The Bertz CT molecular complexity index is 532. The maximum Gasteiger partial charge on any atom is 0.586 e. The van der Waals surface area contributed by atoms with E-state index in [2.05, 4.69) is 20.1 Å². The van der Waals surface area contributed by atoms with E-state index >= 15 is 0 Å². The number of nitrogens with one attached hydrogen (secondary N) is 2. The highest BCUT2D eigenvalue weighted by atomic mass is 19.3. The molecule has 1 fully saturated rings. The molecule has 108 valence electrons. The molecule has 1 aliphatic carbocycles. The van der Waals surface area contributed by atoms with Crippen LogP contribution in [0.15, 0.2) is 18.2 Å². The van der Waals surface area contributed by atoms with Crippen molar-refractivity contribution in [2.45, 2.75) is 31.6 Å². The summed E-state index contributed by atoms with van der Waals surface area (Å²) in [6, 6.07) is 4.77. The van der Waals surface area contributed by atoms with Crippen molar-refractivity contribution < 1.29 is 23.0 Å². The van der Waals surface area contributed by atoms with Crippen LogP contribution in [0.3, 0.4) is 0 Å². The van der Waals surface area contributed by atoms with Crippen molar-refractivity contribution in [2.75, 3.05) is 11.9 Å². The first kappa shape index (κ1) is 13.0. The number of anilines is 1. The van der Waals surface area contributed by atoms with Crippen LogP contribution >= 0.6 is 0 Å². The molecule has 3 rings (SSSR count). The molecule has 1 aliphatic heterocycles. The first-order chi connectivity index (χ1) is 9.52. The summed E-state index contributed by atoms with van der Waals surface area (Å²) in [4.78, 5) is 11.5. The molecule has 20 heavy (non-hydrogen) atoms. The van der Waals surface area contributed by atoms with Crippen LogP contribution in [0.25, 0.3) is 0 Å². The first-order valence-electron chi connectivity index (χ1n) is 6.45. The number of hydrogen-bond donors (Lipinski definition) is 2. The molecule has 2 aliphatic rings. The summed E-state index contributed by atoms with van der Waals surface area (Å²) in [5, 5.41) is 5.85. The highest BCUT2D eigenvalue weighted by Crippen LogP contribution is 2.42. The van der Waals surface area contributed by atoms with Gasteiger partial charge in [-0.2, -0.15) is 0 Å². The van der Waals surface area contributed by atoms with E-state index in [1.54, 1.807) is 6.07 Å². The Hall–Kier alpha value is -2.05. The number of halogens is 2. The molecule has 2 N–H and O–H groups in total. The summed E-state index contributed by atoms with van der Waals surface area (Å²) >= 11 is 0. The average Bonchev–Trinajstić information content (AvgIpc) is 3.09. The molecule has 0 bridgehead atoms. The maximum atomic E-state index is 12.8. The molecule has 0 saturated heterocycles. The van der Waals surface area contributed by atoms with Gasteiger partial charge in [0.2, 0.25) is 5.91 Å². The smallest absolute Gasteiger partial charge is 0.395 e. The average molecular weight is 284 g/mol. The Balaban J connectivity index is 1.50. The zero-order valence-corrected chi connectivity index (χ0v) is 10.6. The quantitative estimate of drug-likeness (QED) is 0.869. The second-order valence-electron chi connectivity index (χ2n) is 4.85. The number of hydrogen-bond acceptors (Lipinski definition) is 4. The maximum absolute atomic E-state index is 12.8. The molecule has 1 aromatic carbocycles. The molecule has 1 aromatic rings. The van der Waals surface area contributed by atoms with E-state index in [-0.39, 0.29) is 17.4 Å². The molecule has 0 atom stereocenters. The predicted octanol–water partition coefficient (Wildman–Crippen LogP) is 2.09. The van der Waals surface area contributed by atoms with Gasteiger partial charge in [0.05, 0.1) is 0 Å². The highest BCUT2D eigenvalue weighted by molar-refractivity contribution is 5.77. The number of rotatable bonds is 5. The Morgan fingerprint density at radius 1 is 1.30 bits per heavy atom. The first-order valence-corrected chi connectivity index (χ1v) is 6.45. The number of alkyl halides is 2. The van der Waals surface area contributed by atoms with Gasteiger partial charge in [-0.15, -0.1) is 8.78 Å². The number of amides is 1. The second kappa shape index (κ2) is 4.81. The van der Waals surface area contributed by atoms with Gasteiger partial charge in [0, 0.05) is 30.8 Å². The van der Waals surface area contributed by atoms with Crippen molar-refractivity contribution in [1.82, 2.24) is 5.32 Å². The van der Waals surface area contributed by atoms with Crippen molar-refractivity contribution in [2.24, 2.45) is 0 Å². The van der Waals surface area contributed by atoms with Gasteiger partial charge in [0.15, 0.2) is 11.5 Å². The third-order valence-corrected chi connectivity index (χ3v) is 3.02. The lowest BCUT2D eigenvalue weighted by molar-refractivity contribution is -0.286. The summed E-state index contributed by atoms with van der Waals surface area (Å²) in [5.74, 6) is -0.0123. The number of carbonyl (C=O) groups is 1. The summed E-state index contributed by atoms with van der Waals surface area (Å²) < 4.78 is 34.3. The van der Waals surface area contributed by atoms with Gasteiger partial charge in [0.25, 0.3) is 0 Å². The third-order valence-electron chi connectivity index (χ3n) is 3.02. The number of carbonyl (C=O) groups excluding carboxylic acids is 1. The van der Waals surface area contributed by atoms with Gasteiger partial charge >= 0.3 is 6.29 Å². The van der Waals surface area contributed by atoms with Crippen LogP contribution in [-0.4, -0.2) is 24.8 Å². The highest BCUT2D eigenvalue weighted by Gasteiger charge is 2.43. The number of benzene rings is 1. The minimum absolute atomic E-state index is 0.00651. The Morgan fingerprint density at radius 3 is 2.80 bits per heavy atom. The molecular formula is C13H14F2N2O3. The van der Waals surface area contributed by atoms with Crippen molar-refractivity contribution >= 4 is 11.6 Å². The van der Waals surface area contributed by atoms with Crippen molar-refractivity contribution in [3.05, 3.63) is 18.2 Å². The van der Waals surface area contributed by atoms with E-state index in [0.717, 1.165) is 12.8 Å². The molecule has 0 radical (unpaired) electrons. The Morgan fingerprint density at radius 2 is 2.05 bits per heavy atom. The topological polar surface area (TPSA) is 59.6 Å². The van der Waals surface area contributed by atoms with Crippen molar-refractivity contribution in [3.8, 4) is 11.5 Å². The SMILES string of the molecule is O=C(CCNc1ccc2c(c1)OC(F)(F)O2)NC1CC1. The van der Waals surface area contributed by atoms with Crippen LogP contribution in [0.2, 0.25) is 0 Å². The van der Waals surface area contributed by atoms with Gasteiger partial charge in [-0.25, -0.2) is 0 Å². The zero-order chi connectivity index (χ0) is 14.2. The van der Waals surface area contributed by atoms with Crippen molar-refractivity contribution in [3.63, 3.8) is 0 Å². The van der Waals surface area contributed by atoms with Gasteiger partial charge in [-0.3, -0.25) is 4.79 Å². The van der Waals surface area contributed by atoms with E-state index in [1.807, 2.05) is 0 Å². The van der Waals surface area contributed by atoms with E-state index in [1.165, 1.54) is 12.1 Å². The predicted molar refractivity (Wildman–Crippen MR) is 66.9 cm³/mol. The fourth-order valence-corrected chi connectivity index (χ4v) is 1.91. The van der Waals surface area contributed by atoms with Crippen molar-refractivity contribution in [1.29, 1.82) is 0 Å². The standard InChI is InChI=1S/C13H14F2N2O3/c14-13(15)19-10-4-3-9(7-11(10)20-13)16-6-5-12(18)17-8-1-2-8/h3-4,7-8,16H,1-2,5-6H2,(H,17,18). The summed E-state index contributed by atoms with van der Waals surface area (Å²) in [6.45, 7) is 0.425. The lowest BCUT2D eigenvalue weighted by atomic mass is 10.2. The Labute approximate surface area is 114 Å². The molecule has 1 heterocycles. The summed E-state index contributed by atoms with van der Waals surface area (Å²) in [5.41, 5.74) is 0.601. The van der Waals surface area contributed by atoms with Crippen LogP contribution in [0.1, 0.15) is 19.3 Å². The summed E-state index contributed by atoms with van der Waals surface area (Å²) in [7, 11) is 0. The number of ether oxygens (including phenoxy) is 2. The molecule has 1 saturated carbocycles. The second-order valence-corrected chi connectivity index (χ2v) is 4.85. The largest absolute Gasteiger partial charge is 0.586 e. The van der Waals surface area contributed by atoms with Gasteiger partial charge in [-0.1, -0.05) is 0 Å². The van der Waals surface area contributed by atoms with E-state index < -0.39 is 6.29 Å². The van der Waals surface area contributed by atoms with Crippen LogP contribution in [-0.2, 0) is 4.79 Å². The Kier molecular flexibility index (Phi) is 3.11. The van der Waals surface area contributed by atoms with E-state index in [4.69, 9.17) is 0 Å². The fraction of sp³-hybridized carbons (Fsp3) is 0.462. The molecule has 0 spiro atoms. The third kappa shape index (κ3) is 3.09. The van der Waals surface area contributed by atoms with E-state index in [9.17, 15) is 13.6 Å². The van der Waals surface area contributed by atoms with Crippen LogP contribution < -0.4 is 20.1 Å². The van der Waals surface area contributed by atoms with Gasteiger partial charge in [0.1, 0.15) is 0 Å². The van der Waals surface area contributed by atoms with Crippen LogP contribution in [0, 0.1) is 0 Å². The molecule has 0 unspecified atom stereocenters. The molecule has 1 amide bonds. The minimum atomic E-state index is -3.61. The van der Waals surface area contributed by atoms with Crippen LogP contribution in [0.5, 0.6) is 11.5 Å². The molecule has 7 heteroatoms. The monoisotopic (exact) mass is 284 g/mol. The number of fused-ring (bicyclic) bond motifs is 1. The fourth-order valence-electron chi connectivity index (χ4n) is 1.91. The minimum Gasteiger partial charge on any atom is -0.395 e. The molecular weight excluding hydrogens is 270 g/mol. The summed E-state index contributed by atoms with van der Waals surface area (Å²) in [6.07, 6.45) is -1.17. The van der Waals surface area contributed by atoms with E-state index in [0.29, 0.717) is 24.7 Å². The molecule has 5 nitrogen and oxygen atoms in total. The zero-order valence-electron chi connectivity index (χ0n) is 10.6. The lowest BCUT2D eigenvalue weighted by Gasteiger charge is -2.07.